The quantitative estimate of drug-likeness (QED) is 0.314. The zero-order valence-corrected chi connectivity index (χ0v) is 22.9. The van der Waals surface area contributed by atoms with E-state index >= 15 is 0 Å². The molecule has 2 amide bonds. The number of amides is 2. The van der Waals surface area contributed by atoms with Gasteiger partial charge in [-0.15, -0.1) is 0 Å². The second-order valence-electron chi connectivity index (χ2n) is 8.85. The molecule has 0 unspecified atom stereocenters. The Kier molecular flexibility index (Phi) is 10.3. The molecule has 0 heterocycles. The van der Waals surface area contributed by atoms with Crippen molar-refractivity contribution in [1.82, 2.24) is 10.2 Å². The first kappa shape index (κ1) is 29.8. The summed E-state index contributed by atoms with van der Waals surface area (Å²) in [5.74, 6) is -0.919. The van der Waals surface area contributed by atoms with Crippen LogP contribution in [0.15, 0.2) is 42.5 Å². The smallest absolute Gasteiger partial charge is 0.271 e. The van der Waals surface area contributed by atoms with Crippen LogP contribution in [0.1, 0.15) is 26.3 Å². The average molecular weight is 555 g/mol. The van der Waals surface area contributed by atoms with Crippen molar-refractivity contribution in [2.24, 2.45) is 5.92 Å². The summed E-state index contributed by atoms with van der Waals surface area (Å²) in [6.45, 7) is 5.03. The highest BCUT2D eigenvalue weighted by atomic mass is 35.5. The zero-order valence-electron chi connectivity index (χ0n) is 21.3. The third-order valence-electron chi connectivity index (χ3n) is 5.41. The van der Waals surface area contributed by atoms with E-state index < -0.39 is 39.3 Å². The lowest BCUT2D eigenvalue weighted by Gasteiger charge is -2.32. The van der Waals surface area contributed by atoms with Crippen molar-refractivity contribution in [3.63, 3.8) is 0 Å². The molecule has 0 aliphatic rings. The Hall–Kier alpha value is -3.38. The lowest BCUT2D eigenvalue weighted by atomic mass is 10.1. The van der Waals surface area contributed by atoms with Gasteiger partial charge < -0.3 is 15.0 Å². The second-order valence-corrected chi connectivity index (χ2v) is 11.2. The highest BCUT2D eigenvalue weighted by molar-refractivity contribution is 7.92. The third-order valence-corrected chi connectivity index (χ3v) is 6.78. The number of nitro benzene ring substituents is 1. The normalized spacial score (nSPS) is 12.1. The second kappa shape index (κ2) is 12.7. The lowest BCUT2D eigenvalue weighted by molar-refractivity contribution is -0.384. The molecule has 0 aromatic heterocycles. The minimum Gasteiger partial charge on any atom is -0.495 e. The third kappa shape index (κ3) is 8.32. The summed E-state index contributed by atoms with van der Waals surface area (Å²) < 4.78 is 31.5. The fraction of sp³-hybridized carbons (Fsp3) is 0.417. The fourth-order valence-corrected chi connectivity index (χ4v) is 4.51. The summed E-state index contributed by atoms with van der Waals surface area (Å²) in [6, 6.07) is 9.20. The van der Waals surface area contributed by atoms with Crippen LogP contribution >= 0.6 is 11.6 Å². The number of carbonyl (C=O) groups is 2. The van der Waals surface area contributed by atoms with Crippen LogP contribution in [0.5, 0.6) is 5.75 Å². The lowest BCUT2D eigenvalue weighted by Crippen LogP contribution is -2.51. The van der Waals surface area contributed by atoms with Gasteiger partial charge in [0.25, 0.3) is 5.69 Å². The molecule has 11 nitrogen and oxygen atoms in total. The molecular formula is C24H31ClN4O7S. The number of sulfonamides is 1. The first-order valence-corrected chi connectivity index (χ1v) is 13.6. The monoisotopic (exact) mass is 554 g/mol. The molecule has 2 rings (SSSR count). The molecule has 0 aliphatic heterocycles. The SMILES string of the molecule is COc1ccc([N+](=O)[O-])cc1N(CC(=O)N(Cc1cccc(Cl)c1)[C@@H](C)C(=O)NCC(C)C)S(C)(=O)=O. The van der Waals surface area contributed by atoms with E-state index in [2.05, 4.69) is 5.32 Å². The van der Waals surface area contributed by atoms with E-state index in [9.17, 15) is 28.1 Å². The van der Waals surface area contributed by atoms with Crippen LogP contribution in [0, 0.1) is 16.0 Å². The van der Waals surface area contributed by atoms with Gasteiger partial charge in [-0.25, -0.2) is 8.42 Å². The number of benzene rings is 2. The Morgan fingerprint density at radius 2 is 1.84 bits per heavy atom. The molecule has 202 valence electrons. The van der Waals surface area contributed by atoms with Crippen molar-refractivity contribution in [3.05, 3.63) is 63.2 Å². The maximum Gasteiger partial charge on any atom is 0.271 e. The Morgan fingerprint density at radius 3 is 2.38 bits per heavy atom. The van der Waals surface area contributed by atoms with Gasteiger partial charge in [-0.3, -0.25) is 24.0 Å². The number of carbonyl (C=O) groups excluding carboxylic acids is 2. The molecule has 0 saturated heterocycles. The van der Waals surface area contributed by atoms with Gasteiger partial charge in [0.15, 0.2) is 0 Å². The minimum atomic E-state index is -4.11. The number of ether oxygens (including phenoxy) is 1. The number of methoxy groups -OCH3 is 1. The molecule has 0 radical (unpaired) electrons. The summed E-state index contributed by atoms with van der Waals surface area (Å²) in [5.41, 5.74) is 0.0736. The first-order valence-electron chi connectivity index (χ1n) is 11.4. The van der Waals surface area contributed by atoms with E-state index in [1.165, 1.54) is 25.0 Å². The van der Waals surface area contributed by atoms with Gasteiger partial charge in [-0.1, -0.05) is 37.6 Å². The number of nitrogens with one attached hydrogen (secondary N) is 1. The van der Waals surface area contributed by atoms with Crippen molar-refractivity contribution >= 4 is 44.8 Å². The summed E-state index contributed by atoms with van der Waals surface area (Å²) in [7, 11) is -2.83. The minimum absolute atomic E-state index is 0.0212. The maximum absolute atomic E-state index is 13.6. The molecule has 2 aromatic rings. The van der Waals surface area contributed by atoms with E-state index in [1.54, 1.807) is 24.3 Å². The van der Waals surface area contributed by atoms with Crippen LogP contribution < -0.4 is 14.4 Å². The van der Waals surface area contributed by atoms with Gasteiger partial charge in [-0.2, -0.15) is 0 Å². The largest absolute Gasteiger partial charge is 0.495 e. The van der Waals surface area contributed by atoms with E-state index in [4.69, 9.17) is 16.3 Å². The van der Waals surface area contributed by atoms with Gasteiger partial charge in [0.2, 0.25) is 21.8 Å². The van der Waals surface area contributed by atoms with Crippen LogP contribution in [-0.4, -0.2) is 62.6 Å². The summed E-state index contributed by atoms with van der Waals surface area (Å²) in [6.07, 6.45) is 0.874. The predicted molar refractivity (Wildman–Crippen MR) is 141 cm³/mol. The molecule has 0 fully saturated rings. The van der Waals surface area contributed by atoms with Gasteiger partial charge in [0.1, 0.15) is 24.0 Å². The van der Waals surface area contributed by atoms with Gasteiger partial charge in [0.05, 0.1) is 18.3 Å². The van der Waals surface area contributed by atoms with E-state index in [0.29, 0.717) is 17.1 Å². The van der Waals surface area contributed by atoms with E-state index in [0.717, 1.165) is 22.7 Å². The Morgan fingerprint density at radius 1 is 1.16 bits per heavy atom. The van der Waals surface area contributed by atoms with Gasteiger partial charge in [0, 0.05) is 30.2 Å². The van der Waals surface area contributed by atoms with Gasteiger partial charge in [-0.05, 0) is 36.6 Å². The molecule has 1 N–H and O–H groups in total. The number of nitro groups is 1. The number of rotatable bonds is 12. The van der Waals surface area contributed by atoms with Crippen molar-refractivity contribution in [2.75, 3.05) is 30.8 Å². The molecule has 0 bridgehead atoms. The standard InChI is InChI=1S/C24H31ClN4O7S/c1-16(2)13-26-24(31)17(3)27(14-18-7-6-8-19(25)11-18)23(30)15-28(37(5,34)35)21-12-20(29(32)33)9-10-22(21)36-4/h6-12,16-17H,13-15H2,1-5H3,(H,26,31)/t17-/m0/s1. The molecule has 1 atom stereocenters. The molecule has 13 heteroatoms. The average Bonchev–Trinajstić information content (AvgIpc) is 2.82. The maximum atomic E-state index is 13.6. The number of hydrogen-bond donors (Lipinski definition) is 1. The van der Waals surface area contributed by atoms with E-state index in [-0.39, 0.29) is 29.6 Å². The predicted octanol–water partition coefficient (Wildman–Crippen LogP) is 3.21. The van der Waals surface area contributed by atoms with E-state index in [1.807, 2.05) is 13.8 Å². The molecule has 0 spiro atoms. The summed E-state index contributed by atoms with van der Waals surface area (Å²) in [5, 5.41) is 14.5. The van der Waals surface area contributed by atoms with Crippen LogP contribution in [-0.2, 0) is 26.2 Å². The number of hydrogen-bond acceptors (Lipinski definition) is 7. The fourth-order valence-electron chi connectivity index (χ4n) is 3.45. The van der Waals surface area contributed by atoms with Gasteiger partial charge >= 0.3 is 0 Å². The Bertz CT molecular complexity index is 1250. The van der Waals surface area contributed by atoms with Crippen LogP contribution in [0.3, 0.4) is 0 Å². The highest BCUT2D eigenvalue weighted by Gasteiger charge is 2.32. The topological polar surface area (TPSA) is 139 Å². The zero-order chi connectivity index (χ0) is 27.9. The van der Waals surface area contributed by atoms with Crippen molar-refractivity contribution in [1.29, 1.82) is 0 Å². The first-order chi connectivity index (χ1) is 17.2. The van der Waals surface area contributed by atoms with Crippen molar-refractivity contribution < 1.29 is 27.7 Å². The number of halogens is 1. The molecule has 37 heavy (non-hydrogen) atoms. The molecule has 0 aliphatic carbocycles. The summed E-state index contributed by atoms with van der Waals surface area (Å²) >= 11 is 6.09. The summed E-state index contributed by atoms with van der Waals surface area (Å²) in [4.78, 5) is 38.3. The molecule has 0 saturated carbocycles. The van der Waals surface area contributed by atoms with Crippen LogP contribution in [0.25, 0.3) is 0 Å². The Labute approximate surface area is 221 Å². The number of anilines is 1. The van der Waals surface area contributed by atoms with Crippen molar-refractivity contribution in [3.8, 4) is 5.75 Å². The highest BCUT2D eigenvalue weighted by Crippen LogP contribution is 2.34. The van der Waals surface area contributed by atoms with Crippen LogP contribution in [0.2, 0.25) is 5.02 Å². The number of non-ortho nitro benzene ring substituents is 1. The molecule has 2 aromatic carbocycles. The molecular weight excluding hydrogens is 524 g/mol. The Balaban J connectivity index is 2.50. The van der Waals surface area contributed by atoms with Crippen LogP contribution in [0.4, 0.5) is 11.4 Å². The number of nitrogens with zero attached hydrogens (tertiary/aromatic N) is 3. The van der Waals surface area contributed by atoms with Crippen molar-refractivity contribution in [2.45, 2.75) is 33.4 Å².